The van der Waals surface area contributed by atoms with E-state index in [9.17, 15) is 9.18 Å². The van der Waals surface area contributed by atoms with Crippen LogP contribution in [0.5, 0.6) is 5.75 Å². The van der Waals surface area contributed by atoms with Crippen molar-refractivity contribution in [1.29, 1.82) is 0 Å². The molecule has 162 valence electrons. The SMILES string of the molecule is CCC#CCOc1ccc(N2C(=O)CSC2c2ccc(F)cc2)c(C)c1-c1ccccc1. The maximum atomic E-state index is 13.5. The number of carbonyl (C=O) groups excluding carboxylic acids is 1. The number of amides is 1. The van der Waals surface area contributed by atoms with Gasteiger partial charge in [-0.2, -0.15) is 0 Å². The lowest BCUT2D eigenvalue weighted by Gasteiger charge is -2.28. The number of halogens is 1. The first-order chi connectivity index (χ1) is 15.6. The minimum Gasteiger partial charge on any atom is -0.480 e. The first kappa shape index (κ1) is 22.0. The molecule has 1 aliphatic heterocycles. The Labute approximate surface area is 192 Å². The van der Waals surface area contributed by atoms with E-state index in [1.54, 1.807) is 23.9 Å². The van der Waals surface area contributed by atoms with Crippen LogP contribution in [0.1, 0.15) is 29.8 Å². The second kappa shape index (κ2) is 9.93. The molecule has 0 saturated carbocycles. The van der Waals surface area contributed by atoms with Crippen molar-refractivity contribution < 1.29 is 13.9 Å². The quantitative estimate of drug-likeness (QED) is 0.427. The summed E-state index contributed by atoms with van der Waals surface area (Å²) in [5, 5.41) is -0.201. The summed E-state index contributed by atoms with van der Waals surface area (Å²) < 4.78 is 19.5. The summed E-state index contributed by atoms with van der Waals surface area (Å²) in [5.41, 5.74) is 4.66. The average molecular weight is 446 g/mol. The normalized spacial score (nSPS) is 15.4. The highest BCUT2D eigenvalue weighted by Gasteiger charge is 2.35. The van der Waals surface area contributed by atoms with Gasteiger partial charge in [0.05, 0.1) is 5.75 Å². The van der Waals surface area contributed by atoms with Crippen LogP contribution in [0.3, 0.4) is 0 Å². The molecule has 0 radical (unpaired) electrons. The summed E-state index contributed by atoms with van der Waals surface area (Å²) in [6.07, 6.45) is 0.784. The molecule has 1 heterocycles. The fraction of sp³-hybridized carbons (Fsp3) is 0.222. The molecule has 1 unspecified atom stereocenters. The molecular formula is C27H24FNO2S. The number of thioether (sulfide) groups is 1. The molecule has 3 nitrogen and oxygen atoms in total. The van der Waals surface area contributed by atoms with Crippen molar-refractivity contribution in [2.75, 3.05) is 17.3 Å². The molecule has 3 aromatic rings. The number of rotatable bonds is 5. The van der Waals surface area contributed by atoms with E-state index in [0.29, 0.717) is 12.4 Å². The predicted octanol–water partition coefficient (Wildman–Crippen LogP) is 6.37. The number of benzene rings is 3. The van der Waals surface area contributed by atoms with E-state index in [1.807, 2.05) is 61.2 Å². The smallest absolute Gasteiger partial charge is 0.238 e. The molecular weight excluding hydrogens is 421 g/mol. The predicted molar refractivity (Wildman–Crippen MR) is 129 cm³/mol. The van der Waals surface area contributed by atoms with Crippen molar-refractivity contribution >= 4 is 23.4 Å². The molecule has 1 amide bonds. The molecule has 1 fully saturated rings. The van der Waals surface area contributed by atoms with E-state index in [0.717, 1.165) is 40.1 Å². The van der Waals surface area contributed by atoms with Crippen LogP contribution in [-0.4, -0.2) is 18.3 Å². The molecule has 1 aliphatic rings. The van der Waals surface area contributed by atoms with Crippen LogP contribution in [0, 0.1) is 24.6 Å². The number of carbonyl (C=O) groups is 1. The van der Waals surface area contributed by atoms with Gasteiger partial charge < -0.3 is 4.74 Å². The van der Waals surface area contributed by atoms with Gasteiger partial charge in [-0.3, -0.25) is 9.69 Å². The fourth-order valence-electron chi connectivity index (χ4n) is 3.87. The summed E-state index contributed by atoms with van der Waals surface area (Å²) in [6, 6.07) is 20.2. The summed E-state index contributed by atoms with van der Waals surface area (Å²) >= 11 is 1.55. The monoisotopic (exact) mass is 445 g/mol. The Hall–Kier alpha value is -3.23. The average Bonchev–Trinajstić information content (AvgIpc) is 3.19. The third-order valence-corrected chi connectivity index (χ3v) is 6.56. The summed E-state index contributed by atoms with van der Waals surface area (Å²) in [5.74, 6) is 6.91. The molecule has 3 aromatic carbocycles. The van der Waals surface area contributed by atoms with Crippen LogP contribution >= 0.6 is 11.8 Å². The van der Waals surface area contributed by atoms with Gasteiger partial charge in [0.15, 0.2) is 0 Å². The fourth-order valence-corrected chi connectivity index (χ4v) is 5.04. The summed E-state index contributed by atoms with van der Waals surface area (Å²) in [6.45, 7) is 4.33. The highest BCUT2D eigenvalue weighted by molar-refractivity contribution is 8.00. The Kier molecular flexibility index (Phi) is 6.82. The van der Waals surface area contributed by atoms with Crippen molar-refractivity contribution in [3.8, 4) is 28.7 Å². The second-order valence-electron chi connectivity index (χ2n) is 7.42. The Morgan fingerprint density at radius 2 is 1.81 bits per heavy atom. The van der Waals surface area contributed by atoms with Crippen LogP contribution in [0.25, 0.3) is 11.1 Å². The van der Waals surface area contributed by atoms with Gasteiger partial charge in [0, 0.05) is 17.7 Å². The third-order valence-electron chi connectivity index (χ3n) is 5.34. The Bertz CT molecular complexity index is 1170. The zero-order chi connectivity index (χ0) is 22.5. The molecule has 0 N–H and O–H groups in total. The maximum Gasteiger partial charge on any atom is 0.238 e. The van der Waals surface area contributed by atoms with Crippen LogP contribution in [0.15, 0.2) is 66.7 Å². The number of hydrogen-bond donors (Lipinski definition) is 0. The first-order valence-electron chi connectivity index (χ1n) is 10.6. The van der Waals surface area contributed by atoms with Crippen molar-refractivity contribution in [2.24, 2.45) is 0 Å². The highest BCUT2D eigenvalue weighted by atomic mass is 32.2. The van der Waals surface area contributed by atoms with Crippen LogP contribution in [-0.2, 0) is 4.79 Å². The zero-order valence-corrected chi connectivity index (χ0v) is 18.9. The molecule has 0 aromatic heterocycles. The maximum absolute atomic E-state index is 13.5. The first-order valence-corrected chi connectivity index (χ1v) is 11.6. The van der Waals surface area contributed by atoms with E-state index >= 15 is 0 Å². The van der Waals surface area contributed by atoms with Crippen molar-refractivity contribution in [3.63, 3.8) is 0 Å². The molecule has 0 spiro atoms. The van der Waals surface area contributed by atoms with Gasteiger partial charge in [-0.1, -0.05) is 55.3 Å². The van der Waals surface area contributed by atoms with E-state index in [2.05, 4.69) is 11.8 Å². The lowest BCUT2D eigenvalue weighted by Crippen LogP contribution is -2.28. The summed E-state index contributed by atoms with van der Waals surface area (Å²) in [7, 11) is 0. The van der Waals surface area contributed by atoms with Gasteiger partial charge in [0.25, 0.3) is 0 Å². The van der Waals surface area contributed by atoms with Gasteiger partial charge in [-0.05, 0) is 47.9 Å². The molecule has 0 aliphatic carbocycles. The van der Waals surface area contributed by atoms with E-state index in [1.165, 1.54) is 12.1 Å². The van der Waals surface area contributed by atoms with E-state index in [4.69, 9.17) is 4.74 Å². The van der Waals surface area contributed by atoms with E-state index in [-0.39, 0.29) is 17.1 Å². The number of anilines is 1. The standard InChI is InChI=1S/C27H24FNO2S/c1-3-4-8-17-31-24-16-15-23(19(2)26(24)20-9-6-5-7-10-20)29-25(30)18-32-27(29)21-11-13-22(28)14-12-21/h5-7,9-16,27H,3,17-18H2,1-2H3. The molecule has 32 heavy (non-hydrogen) atoms. The largest absolute Gasteiger partial charge is 0.480 e. The van der Waals surface area contributed by atoms with E-state index < -0.39 is 0 Å². The Balaban J connectivity index is 1.78. The Morgan fingerprint density at radius 3 is 2.53 bits per heavy atom. The molecule has 5 heteroatoms. The number of nitrogens with zero attached hydrogens (tertiary/aromatic N) is 1. The lowest BCUT2D eigenvalue weighted by molar-refractivity contribution is -0.115. The summed E-state index contributed by atoms with van der Waals surface area (Å²) in [4.78, 5) is 14.8. The minimum atomic E-state index is -0.287. The van der Waals surface area contributed by atoms with Gasteiger partial charge in [-0.25, -0.2) is 4.39 Å². The van der Waals surface area contributed by atoms with Crippen LogP contribution in [0.4, 0.5) is 10.1 Å². The van der Waals surface area contributed by atoms with Crippen molar-refractivity contribution in [2.45, 2.75) is 25.6 Å². The zero-order valence-electron chi connectivity index (χ0n) is 18.1. The topological polar surface area (TPSA) is 29.5 Å². The van der Waals surface area contributed by atoms with Gasteiger partial charge >= 0.3 is 0 Å². The second-order valence-corrected chi connectivity index (χ2v) is 8.49. The van der Waals surface area contributed by atoms with Gasteiger partial charge in [-0.15, -0.1) is 17.7 Å². The molecule has 4 rings (SSSR count). The lowest BCUT2D eigenvalue weighted by atomic mass is 9.97. The third kappa shape index (κ3) is 4.51. The van der Waals surface area contributed by atoms with Gasteiger partial charge in [0.2, 0.25) is 5.91 Å². The van der Waals surface area contributed by atoms with Gasteiger partial charge in [0.1, 0.15) is 23.5 Å². The van der Waals surface area contributed by atoms with Crippen molar-refractivity contribution in [3.05, 3.63) is 83.7 Å². The number of ether oxygens (including phenoxy) is 1. The Morgan fingerprint density at radius 1 is 1.06 bits per heavy atom. The van der Waals surface area contributed by atoms with Crippen molar-refractivity contribution in [1.82, 2.24) is 0 Å². The highest BCUT2D eigenvalue weighted by Crippen LogP contribution is 2.46. The number of hydrogen-bond acceptors (Lipinski definition) is 3. The van der Waals surface area contributed by atoms with Crippen LogP contribution < -0.4 is 9.64 Å². The molecule has 1 atom stereocenters. The minimum absolute atomic E-state index is 0.0360. The van der Waals surface area contributed by atoms with Crippen LogP contribution in [0.2, 0.25) is 0 Å². The molecule has 1 saturated heterocycles. The molecule has 0 bridgehead atoms.